The summed E-state index contributed by atoms with van der Waals surface area (Å²) in [6, 6.07) is 3.26. The van der Waals surface area contributed by atoms with E-state index in [0.717, 1.165) is 4.34 Å². The number of aryl methyl sites for hydroxylation is 1. The van der Waals surface area contributed by atoms with Crippen LogP contribution < -0.4 is 5.32 Å². The molecule has 1 heterocycles. The third-order valence-corrected chi connectivity index (χ3v) is 5.39. The van der Waals surface area contributed by atoms with Gasteiger partial charge < -0.3 is 5.32 Å². The van der Waals surface area contributed by atoms with Crippen LogP contribution >= 0.6 is 34.7 Å². The summed E-state index contributed by atoms with van der Waals surface area (Å²) in [6.07, 6.45) is 2.43. The molecule has 2 atom stereocenters. The van der Waals surface area contributed by atoms with Gasteiger partial charge in [0.2, 0.25) is 0 Å². The van der Waals surface area contributed by atoms with Gasteiger partial charge in [-0.15, -0.1) is 11.3 Å². The second-order valence-electron chi connectivity index (χ2n) is 4.25. The highest BCUT2D eigenvalue weighted by molar-refractivity contribution is 7.99. The normalized spacial score (nSPS) is 21.1. The molecule has 0 spiro atoms. The molecule has 1 aliphatic rings. The smallest absolute Gasteiger partial charge is 0.0934 e. The predicted octanol–water partition coefficient (Wildman–Crippen LogP) is 4.12. The monoisotopic (exact) mass is 275 g/mol. The molecule has 4 heteroatoms. The average Bonchev–Trinajstić information content (AvgIpc) is 2.76. The first-order valence-corrected chi connectivity index (χ1v) is 8.17. The number of halogens is 1. The van der Waals surface area contributed by atoms with E-state index in [2.05, 4.69) is 25.2 Å². The first kappa shape index (κ1) is 12.7. The first-order chi connectivity index (χ1) is 7.70. The minimum Gasteiger partial charge on any atom is -0.307 e. The third-order valence-electron chi connectivity index (χ3n) is 2.90. The number of hydrogen-bond donors (Lipinski definition) is 1. The highest BCUT2D eigenvalue weighted by Gasteiger charge is 2.25. The van der Waals surface area contributed by atoms with Crippen LogP contribution in [0.4, 0.5) is 0 Å². The summed E-state index contributed by atoms with van der Waals surface area (Å²) in [5, 5.41) is 3.71. The highest BCUT2D eigenvalue weighted by atomic mass is 35.5. The number of hydrogen-bond acceptors (Lipinski definition) is 3. The van der Waals surface area contributed by atoms with Crippen LogP contribution in [0.5, 0.6) is 0 Å². The lowest BCUT2D eigenvalue weighted by molar-refractivity contribution is 0.479. The van der Waals surface area contributed by atoms with E-state index >= 15 is 0 Å². The van der Waals surface area contributed by atoms with Gasteiger partial charge in [-0.05, 0) is 37.1 Å². The topological polar surface area (TPSA) is 12.0 Å². The quantitative estimate of drug-likeness (QED) is 0.868. The summed E-state index contributed by atoms with van der Waals surface area (Å²) >= 11 is 9.80. The number of thioether (sulfide) groups is 1. The number of nitrogens with one attached hydrogen (secondary N) is 1. The zero-order chi connectivity index (χ0) is 11.5. The van der Waals surface area contributed by atoms with Crippen molar-refractivity contribution in [2.24, 2.45) is 0 Å². The number of fused-ring (bicyclic) bond motifs is 1. The maximum atomic E-state index is 6.05. The molecule has 0 amide bonds. The van der Waals surface area contributed by atoms with E-state index in [1.54, 1.807) is 11.3 Å². The summed E-state index contributed by atoms with van der Waals surface area (Å²) < 4.78 is 0.937. The summed E-state index contributed by atoms with van der Waals surface area (Å²) in [7, 11) is 0. The van der Waals surface area contributed by atoms with Crippen LogP contribution in [0.1, 0.15) is 36.8 Å². The van der Waals surface area contributed by atoms with Gasteiger partial charge in [0.05, 0.1) is 4.34 Å². The number of rotatable bonds is 5. The second-order valence-corrected chi connectivity index (χ2v) is 7.33. The fourth-order valence-corrected chi connectivity index (χ4v) is 4.23. The Hall–Kier alpha value is 0.300. The van der Waals surface area contributed by atoms with E-state index in [1.807, 2.05) is 11.8 Å². The molecule has 0 radical (unpaired) electrons. The van der Waals surface area contributed by atoms with E-state index in [0.29, 0.717) is 12.1 Å². The Morgan fingerprint density at radius 3 is 3.25 bits per heavy atom. The van der Waals surface area contributed by atoms with E-state index < -0.39 is 0 Å². The zero-order valence-electron chi connectivity index (χ0n) is 9.75. The van der Waals surface area contributed by atoms with Crippen LogP contribution in [-0.2, 0) is 6.42 Å². The largest absolute Gasteiger partial charge is 0.307 e. The van der Waals surface area contributed by atoms with Gasteiger partial charge >= 0.3 is 0 Å². The molecule has 1 N–H and O–H groups in total. The molecule has 1 nitrogen and oxygen atoms in total. The lowest BCUT2D eigenvalue weighted by Gasteiger charge is -2.19. The SMILES string of the molecule is CCSCC(C)NC1CCc2sc(Cl)cc21. The predicted molar refractivity (Wildman–Crippen MR) is 76.0 cm³/mol. The van der Waals surface area contributed by atoms with Crippen molar-refractivity contribution in [2.75, 3.05) is 11.5 Å². The molecule has 0 aliphatic heterocycles. The first-order valence-electron chi connectivity index (χ1n) is 5.82. The minimum absolute atomic E-state index is 0.534. The molecular formula is C12H18ClNS2. The molecule has 2 rings (SSSR count). The highest BCUT2D eigenvalue weighted by Crippen LogP contribution is 2.39. The molecule has 0 saturated carbocycles. The fraction of sp³-hybridized carbons (Fsp3) is 0.667. The van der Waals surface area contributed by atoms with E-state index in [9.17, 15) is 0 Å². The van der Waals surface area contributed by atoms with Gasteiger partial charge in [0.25, 0.3) is 0 Å². The van der Waals surface area contributed by atoms with Gasteiger partial charge in [-0.2, -0.15) is 11.8 Å². The molecule has 2 unspecified atom stereocenters. The van der Waals surface area contributed by atoms with Crippen molar-refractivity contribution in [3.8, 4) is 0 Å². The maximum absolute atomic E-state index is 6.05. The van der Waals surface area contributed by atoms with E-state index in [-0.39, 0.29) is 0 Å². The molecule has 0 bridgehead atoms. The van der Waals surface area contributed by atoms with Gasteiger partial charge in [0.15, 0.2) is 0 Å². The molecule has 1 aliphatic carbocycles. The Bertz CT molecular complexity index is 351. The van der Waals surface area contributed by atoms with Crippen LogP contribution in [0.3, 0.4) is 0 Å². The molecule has 0 saturated heterocycles. The van der Waals surface area contributed by atoms with Gasteiger partial charge in [-0.1, -0.05) is 18.5 Å². The Morgan fingerprint density at radius 2 is 2.50 bits per heavy atom. The van der Waals surface area contributed by atoms with Crippen molar-refractivity contribution in [1.82, 2.24) is 5.32 Å². The van der Waals surface area contributed by atoms with Crippen LogP contribution in [0, 0.1) is 0 Å². The van der Waals surface area contributed by atoms with E-state index in [1.165, 1.54) is 34.8 Å². The zero-order valence-corrected chi connectivity index (χ0v) is 12.1. The fourth-order valence-electron chi connectivity index (χ4n) is 2.19. The summed E-state index contributed by atoms with van der Waals surface area (Å²) in [6.45, 7) is 4.48. The van der Waals surface area contributed by atoms with Crippen molar-refractivity contribution in [3.63, 3.8) is 0 Å². The average molecular weight is 276 g/mol. The summed E-state index contributed by atoms with van der Waals surface area (Å²) in [4.78, 5) is 1.48. The number of thiophene rings is 1. The standard InChI is InChI=1S/C12H18ClNS2/c1-3-15-7-8(2)14-10-4-5-11-9(10)6-12(13)16-11/h6,8,10,14H,3-5,7H2,1-2H3. The molecule has 1 aromatic heterocycles. The van der Waals surface area contributed by atoms with Crippen molar-refractivity contribution in [1.29, 1.82) is 0 Å². The van der Waals surface area contributed by atoms with Crippen molar-refractivity contribution >= 4 is 34.7 Å². The van der Waals surface area contributed by atoms with Gasteiger partial charge in [0.1, 0.15) is 0 Å². The minimum atomic E-state index is 0.534. The Morgan fingerprint density at radius 1 is 1.69 bits per heavy atom. The van der Waals surface area contributed by atoms with Crippen LogP contribution in [0.25, 0.3) is 0 Å². The Kier molecular flexibility index (Phi) is 4.59. The van der Waals surface area contributed by atoms with Crippen LogP contribution in [0.15, 0.2) is 6.07 Å². The van der Waals surface area contributed by atoms with Crippen molar-refractivity contribution < 1.29 is 0 Å². The van der Waals surface area contributed by atoms with E-state index in [4.69, 9.17) is 11.6 Å². The van der Waals surface area contributed by atoms with Crippen LogP contribution in [0.2, 0.25) is 4.34 Å². The lowest BCUT2D eigenvalue weighted by atomic mass is 10.1. The van der Waals surface area contributed by atoms with Crippen LogP contribution in [-0.4, -0.2) is 17.5 Å². The summed E-state index contributed by atoms with van der Waals surface area (Å²) in [5.41, 5.74) is 1.45. The molecular weight excluding hydrogens is 258 g/mol. The van der Waals surface area contributed by atoms with Gasteiger partial charge in [-0.3, -0.25) is 0 Å². The molecule has 0 aromatic carbocycles. The van der Waals surface area contributed by atoms with Gasteiger partial charge in [-0.25, -0.2) is 0 Å². The maximum Gasteiger partial charge on any atom is 0.0934 e. The lowest BCUT2D eigenvalue weighted by Crippen LogP contribution is -2.31. The van der Waals surface area contributed by atoms with Gasteiger partial charge in [0, 0.05) is 22.7 Å². The molecule has 0 fully saturated rings. The molecule has 16 heavy (non-hydrogen) atoms. The van der Waals surface area contributed by atoms with Crippen molar-refractivity contribution in [3.05, 3.63) is 20.8 Å². The second kappa shape index (κ2) is 5.76. The summed E-state index contributed by atoms with van der Waals surface area (Å²) in [5.74, 6) is 2.40. The molecule has 90 valence electrons. The third kappa shape index (κ3) is 2.95. The Balaban J connectivity index is 1.92. The van der Waals surface area contributed by atoms with Crippen molar-refractivity contribution in [2.45, 2.75) is 38.8 Å². The Labute approximate surface area is 111 Å². The molecule has 1 aromatic rings.